The van der Waals surface area contributed by atoms with Crippen molar-refractivity contribution in [1.82, 2.24) is 4.31 Å². The Bertz CT molecular complexity index is 796. The van der Waals surface area contributed by atoms with Gasteiger partial charge in [0.05, 0.1) is 0 Å². The second kappa shape index (κ2) is 6.86. The first kappa shape index (κ1) is 16.9. The number of halogens is 2. The van der Waals surface area contributed by atoms with Gasteiger partial charge in [0.2, 0.25) is 10.0 Å². The Morgan fingerprint density at radius 2 is 1.75 bits per heavy atom. The third-order valence-corrected chi connectivity index (χ3v) is 6.33. The lowest BCUT2D eigenvalue weighted by atomic mass is 10.1. The summed E-state index contributed by atoms with van der Waals surface area (Å²) in [5.74, 6) is 0.00543. The second-order valence-electron chi connectivity index (χ2n) is 5.55. The summed E-state index contributed by atoms with van der Waals surface area (Å²) >= 11 is 0. The van der Waals surface area contributed by atoms with Crippen LogP contribution < -0.4 is 4.74 Å². The lowest BCUT2D eigenvalue weighted by Crippen LogP contribution is -2.26. The molecule has 1 aliphatic heterocycles. The summed E-state index contributed by atoms with van der Waals surface area (Å²) in [5, 5.41) is -0.595. The van der Waals surface area contributed by atoms with Crippen LogP contribution in [0.3, 0.4) is 0 Å². The first-order valence-electron chi connectivity index (χ1n) is 7.55. The molecule has 0 aliphatic carbocycles. The highest BCUT2D eigenvalue weighted by Crippen LogP contribution is 2.37. The zero-order valence-corrected chi connectivity index (χ0v) is 13.6. The lowest BCUT2D eigenvalue weighted by Gasteiger charge is -2.19. The smallest absolute Gasteiger partial charge is 0.387 e. The first-order valence-corrected chi connectivity index (χ1v) is 9.05. The van der Waals surface area contributed by atoms with Crippen LogP contribution in [0.5, 0.6) is 5.75 Å². The van der Waals surface area contributed by atoms with E-state index < -0.39 is 21.9 Å². The fourth-order valence-corrected chi connectivity index (χ4v) is 4.87. The largest absolute Gasteiger partial charge is 0.434 e. The summed E-state index contributed by atoms with van der Waals surface area (Å²) in [6.07, 6.45) is 0.476. The average Bonchev–Trinajstić information content (AvgIpc) is 2.84. The molecule has 24 heavy (non-hydrogen) atoms. The topological polar surface area (TPSA) is 46.6 Å². The van der Waals surface area contributed by atoms with Crippen molar-refractivity contribution in [3.8, 4) is 5.75 Å². The van der Waals surface area contributed by atoms with Gasteiger partial charge in [-0.3, -0.25) is 0 Å². The SMILES string of the molecule is O=S1(=O)C(c2ccccc2)CCN1Cc1ccccc1OC(F)F. The van der Waals surface area contributed by atoms with Gasteiger partial charge >= 0.3 is 6.61 Å². The summed E-state index contributed by atoms with van der Waals surface area (Å²) in [5.41, 5.74) is 1.17. The summed E-state index contributed by atoms with van der Waals surface area (Å²) in [6, 6.07) is 15.3. The molecule has 1 fully saturated rings. The molecule has 0 spiro atoms. The highest BCUT2D eigenvalue weighted by atomic mass is 32.2. The molecule has 128 valence electrons. The molecule has 1 saturated heterocycles. The number of alkyl halides is 2. The molecule has 0 aromatic heterocycles. The van der Waals surface area contributed by atoms with Gasteiger partial charge in [-0.25, -0.2) is 8.42 Å². The molecule has 0 N–H and O–H groups in total. The van der Waals surface area contributed by atoms with Crippen LogP contribution in [0.25, 0.3) is 0 Å². The molecule has 0 saturated carbocycles. The molecule has 0 bridgehead atoms. The van der Waals surface area contributed by atoms with Gasteiger partial charge in [0.1, 0.15) is 11.0 Å². The number of sulfonamides is 1. The minimum Gasteiger partial charge on any atom is -0.434 e. The van der Waals surface area contributed by atoms with Gasteiger partial charge in [0.15, 0.2) is 0 Å². The van der Waals surface area contributed by atoms with E-state index in [0.717, 1.165) is 5.56 Å². The van der Waals surface area contributed by atoms with E-state index >= 15 is 0 Å². The molecule has 2 aromatic carbocycles. The predicted octanol–water partition coefficient (Wildman–Crippen LogP) is 3.56. The molecule has 3 rings (SSSR count). The van der Waals surface area contributed by atoms with Crippen LogP contribution in [-0.2, 0) is 16.6 Å². The third kappa shape index (κ3) is 3.42. The maximum atomic E-state index is 12.8. The standard InChI is InChI=1S/C17H17F2NO3S/c18-17(19)23-15-9-5-4-8-14(15)12-20-11-10-16(24(20,21)22)13-6-2-1-3-7-13/h1-9,16-17H,10-12H2. The summed E-state index contributed by atoms with van der Waals surface area (Å²) in [4.78, 5) is 0. The van der Waals surface area contributed by atoms with Crippen molar-refractivity contribution in [2.75, 3.05) is 6.54 Å². The Hall–Kier alpha value is -1.99. The van der Waals surface area contributed by atoms with E-state index in [4.69, 9.17) is 0 Å². The molecular weight excluding hydrogens is 336 g/mol. The zero-order chi connectivity index (χ0) is 17.2. The van der Waals surface area contributed by atoms with Crippen molar-refractivity contribution >= 4 is 10.0 Å². The highest BCUT2D eigenvalue weighted by Gasteiger charge is 2.39. The molecular formula is C17H17F2NO3S. The van der Waals surface area contributed by atoms with Crippen molar-refractivity contribution < 1.29 is 21.9 Å². The van der Waals surface area contributed by atoms with Gasteiger partial charge in [-0.1, -0.05) is 48.5 Å². The number of para-hydroxylation sites is 1. The molecule has 7 heteroatoms. The fraction of sp³-hybridized carbons (Fsp3) is 0.294. The van der Waals surface area contributed by atoms with Gasteiger partial charge < -0.3 is 4.74 Å². The Kier molecular flexibility index (Phi) is 4.82. The Morgan fingerprint density at radius 1 is 1.08 bits per heavy atom. The van der Waals surface area contributed by atoms with E-state index in [2.05, 4.69) is 4.74 Å². The molecule has 4 nitrogen and oxygen atoms in total. The molecule has 1 atom stereocenters. The molecule has 2 aromatic rings. The van der Waals surface area contributed by atoms with Crippen LogP contribution in [0, 0.1) is 0 Å². The van der Waals surface area contributed by atoms with Crippen molar-refractivity contribution in [3.63, 3.8) is 0 Å². The molecule has 0 amide bonds. The van der Waals surface area contributed by atoms with Crippen molar-refractivity contribution in [2.45, 2.75) is 24.8 Å². The van der Waals surface area contributed by atoms with Gasteiger partial charge in [0, 0.05) is 18.7 Å². The molecule has 0 radical (unpaired) electrons. The van der Waals surface area contributed by atoms with Crippen LogP contribution in [0.1, 0.15) is 22.8 Å². The number of rotatable bonds is 5. The monoisotopic (exact) mass is 353 g/mol. The van der Waals surface area contributed by atoms with Crippen LogP contribution in [-0.4, -0.2) is 25.9 Å². The number of nitrogens with zero attached hydrogens (tertiary/aromatic N) is 1. The minimum absolute atomic E-state index is 0.00543. The normalized spacial score (nSPS) is 20.4. The molecule has 1 aliphatic rings. The first-order chi connectivity index (χ1) is 11.5. The van der Waals surface area contributed by atoms with E-state index in [1.165, 1.54) is 10.4 Å². The number of hydrogen-bond donors (Lipinski definition) is 0. The molecule has 1 unspecified atom stereocenters. The number of benzene rings is 2. The number of hydrogen-bond acceptors (Lipinski definition) is 3. The van der Waals surface area contributed by atoms with Crippen LogP contribution >= 0.6 is 0 Å². The maximum Gasteiger partial charge on any atom is 0.387 e. The Balaban J connectivity index is 1.83. The second-order valence-corrected chi connectivity index (χ2v) is 7.67. The molecule has 1 heterocycles. The van der Waals surface area contributed by atoms with E-state index in [0.29, 0.717) is 18.5 Å². The zero-order valence-electron chi connectivity index (χ0n) is 12.8. The van der Waals surface area contributed by atoms with Gasteiger partial charge in [-0.05, 0) is 18.1 Å². The van der Waals surface area contributed by atoms with E-state index in [1.54, 1.807) is 42.5 Å². The summed E-state index contributed by atoms with van der Waals surface area (Å²) in [7, 11) is -3.53. The van der Waals surface area contributed by atoms with Crippen molar-refractivity contribution in [1.29, 1.82) is 0 Å². The van der Waals surface area contributed by atoms with E-state index in [-0.39, 0.29) is 12.3 Å². The minimum atomic E-state index is -3.53. The van der Waals surface area contributed by atoms with Gasteiger partial charge in [-0.2, -0.15) is 13.1 Å². The quantitative estimate of drug-likeness (QED) is 0.826. The summed E-state index contributed by atoms with van der Waals surface area (Å²) < 4.78 is 56.3. The lowest BCUT2D eigenvalue weighted by molar-refractivity contribution is -0.0506. The highest BCUT2D eigenvalue weighted by molar-refractivity contribution is 7.89. The van der Waals surface area contributed by atoms with Crippen molar-refractivity contribution in [2.24, 2.45) is 0 Å². The fourth-order valence-electron chi connectivity index (χ4n) is 2.93. The van der Waals surface area contributed by atoms with E-state index in [1.807, 2.05) is 6.07 Å². The third-order valence-electron chi connectivity index (χ3n) is 4.07. The average molecular weight is 353 g/mol. The van der Waals surface area contributed by atoms with E-state index in [9.17, 15) is 17.2 Å². The summed E-state index contributed by atoms with van der Waals surface area (Å²) in [6.45, 7) is -2.57. The van der Waals surface area contributed by atoms with Crippen LogP contribution in [0.2, 0.25) is 0 Å². The predicted molar refractivity (Wildman–Crippen MR) is 86.2 cm³/mol. The maximum absolute atomic E-state index is 12.8. The number of ether oxygens (including phenoxy) is 1. The van der Waals surface area contributed by atoms with Crippen LogP contribution in [0.15, 0.2) is 54.6 Å². The van der Waals surface area contributed by atoms with Crippen LogP contribution in [0.4, 0.5) is 8.78 Å². The Labute approximate surface area is 139 Å². The van der Waals surface area contributed by atoms with Gasteiger partial charge in [0.25, 0.3) is 0 Å². The Morgan fingerprint density at radius 3 is 2.46 bits per heavy atom. The van der Waals surface area contributed by atoms with Crippen molar-refractivity contribution in [3.05, 3.63) is 65.7 Å². The van der Waals surface area contributed by atoms with Gasteiger partial charge in [-0.15, -0.1) is 0 Å².